The van der Waals surface area contributed by atoms with E-state index in [0.29, 0.717) is 0 Å². The standard InChI is InChI=1S/C64H55N/c1-39-23-30-59(40(2)33-39)65(43-26-28-49-54(34-43)63(5,6)58-36-50(41-17-9-7-10-18-41)46-21-13-14-22-48(46)61(49)58)44-25-27-47-51-37-55-52(38-57(51)64(56(47)35-44)31-15-8-16-32-64)60-45-20-12-11-19-42(45)24-29-53(60)62(55,3)4/h7,9-14,17-30,33-38H,8,15-16,31-32H2,1-6H3. The Kier molecular flexibility index (Phi) is 8.14. The summed E-state index contributed by atoms with van der Waals surface area (Å²) in [4.78, 5) is 2.58. The predicted octanol–water partition coefficient (Wildman–Crippen LogP) is 17.6. The van der Waals surface area contributed by atoms with Crippen molar-refractivity contribution in [1.82, 2.24) is 0 Å². The minimum Gasteiger partial charge on any atom is -0.310 e. The molecule has 0 N–H and O–H groups in total. The first-order valence-corrected chi connectivity index (χ1v) is 24.1. The fraction of sp³-hybridized carbons (Fsp3) is 0.219. The highest BCUT2D eigenvalue weighted by Gasteiger charge is 2.47. The largest absolute Gasteiger partial charge is 0.310 e. The van der Waals surface area contributed by atoms with E-state index in [-0.39, 0.29) is 16.2 Å². The summed E-state index contributed by atoms with van der Waals surface area (Å²) in [5, 5.41) is 5.34. The van der Waals surface area contributed by atoms with Crippen molar-refractivity contribution in [2.75, 3.05) is 4.90 Å². The van der Waals surface area contributed by atoms with Gasteiger partial charge in [-0.25, -0.2) is 0 Å². The summed E-state index contributed by atoms with van der Waals surface area (Å²) in [6, 6.07) is 63.4. The maximum atomic E-state index is 2.67. The van der Waals surface area contributed by atoms with Crippen LogP contribution in [0.5, 0.6) is 0 Å². The van der Waals surface area contributed by atoms with Gasteiger partial charge >= 0.3 is 0 Å². The second kappa shape index (κ2) is 13.7. The second-order valence-corrected chi connectivity index (χ2v) is 20.9. The molecule has 4 aliphatic carbocycles. The van der Waals surface area contributed by atoms with Gasteiger partial charge in [-0.3, -0.25) is 0 Å². The van der Waals surface area contributed by atoms with Crippen molar-refractivity contribution in [3.05, 3.63) is 208 Å². The number of rotatable bonds is 4. The quantitative estimate of drug-likeness (QED) is 0.171. The minimum absolute atomic E-state index is 0.0154. The van der Waals surface area contributed by atoms with Crippen molar-refractivity contribution in [2.45, 2.75) is 89.9 Å². The molecule has 1 nitrogen and oxygen atoms in total. The van der Waals surface area contributed by atoms with Crippen LogP contribution in [0.15, 0.2) is 164 Å². The first kappa shape index (κ1) is 38.7. The van der Waals surface area contributed by atoms with Gasteiger partial charge in [-0.1, -0.05) is 168 Å². The SMILES string of the molecule is Cc1ccc(N(c2ccc3c(c2)C(C)(C)c2cc(-c4ccccc4)c4ccccc4c2-3)c2ccc3c(c2)C2(CCCCC2)c2cc4c(cc2-3)C(C)(C)c2ccc3ccccc3c2-4)c(C)c1. The number of anilines is 3. The van der Waals surface area contributed by atoms with Gasteiger partial charge < -0.3 is 4.90 Å². The Morgan fingerprint density at radius 3 is 1.77 bits per heavy atom. The van der Waals surface area contributed by atoms with Crippen LogP contribution in [-0.4, -0.2) is 0 Å². The van der Waals surface area contributed by atoms with Crippen LogP contribution in [-0.2, 0) is 16.2 Å². The molecule has 4 aliphatic rings. The predicted molar refractivity (Wildman–Crippen MR) is 275 cm³/mol. The molecule has 9 aromatic rings. The van der Waals surface area contributed by atoms with Gasteiger partial charge in [0.2, 0.25) is 0 Å². The molecule has 0 saturated heterocycles. The summed E-state index contributed by atoms with van der Waals surface area (Å²) in [5.74, 6) is 0. The lowest BCUT2D eigenvalue weighted by molar-refractivity contribution is 0.353. The van der Waals surface area contributed by atoms with Crippen molar-refractivity contribution < 1.29 is 0 Å². The molecule has 0 heterocycles. The molecular weight excluding hydrogens is 783 g/mol. The van der Waals surface area contributed by atoms with E-state index >= 15 is 0 Å². The molecule has 0 atom stereocenters. The average molecular weight is 838 g/mol. The highest BCUT2D eigenvalue weighted by Crippen LogP contribution is 2.62. The summed E-state index contributed by atoms with van der Waals surface area (Å²) < 4.78 is 0. The van der Waals surface area contributed by atoms with Gasteiger partial charge in [0.1, 0.15) is 0 Å². The van der Waals surface area contributed by atoms with Crippen molar-refractivity contribution >= 4 is 38.6 Å². The molecule has 13 rings (SSSR count). The molecule has 1 heteroatoms. The third-order valence-electron chi connectivity index (χ3n) is 16.6. The van der Waals surface area contributed by atoms with Crippen LogP contribution < -0.4 is 4.90 Å². The average Bonchev–Trinajstić information content (AvgIpc) is 3.82. The molecule has 316 valence electrons. The Balaban J connectivity index is 0.995. The molecule has 9 aromatic carbocycles. The van der Waals surface area contributed by atoms with Crippen molar-refractivity contribution in [3.8, 4) is 44.5 Å². The molecule has 0 radical (unpaired) electrons. The maximum absolute atomic E-state index is 2.67. The van der Waals surface area contributed by atoms with Gasteiger partial charge in [0.15, 0.2) is 0 Å². The number of benzene rings is 9. The van der Waals surface area contributed by atoms with Gasteiger partial charge in [0.05, 0.1) is 0 Å². The number of fused-ring (bicyclic) bond motifs is 15. The lowest BCUT2D eigenvalue weighted by atomic mass is 9.67. The van der Waals surface area contributed by atoms with Crippen LogP contribution in [0.1, 0.15) is 104 Å². The summed E-state index contributed by atoms with van der Waals surface area (Å²) in [5.41, 5.74) is 25.8. The lowest BCUT2D eigenvalue weighted by Crippen LogP contribution is -2.28. The topological polar surface area (TPSA) is 3.24 Å². The maximum Gasteiger partial charge on any atom is 0.0490 e. The molecule has 0 aromatic heterocycles. The zero-order chi connectivity index (χ0) is 44.0. The molecule has 1 spiro atoms. The highest BCUT2D eigenvalue weighted by atomic mass is 15.1. The summed E-state index contributed by atoms with van der Waals surface area (Å²) in [6.07, 6.45) is 6.20. The normalized spacial score (nSPS) is 16.5. The van der Waals surface area contributed by atoms with Crippen molar-refractivity contribution in [3.63, 3.8) is 0 Å². The van der Waals surface area contributed by atoms with Crippen LogP contribution in [0, 0.1) is 13.8 Å². The molecule has 1 saturated carbocycles. The molecule has 1 fully saturated rings. The van der Waals surface area contributed by atoms with Crippen LogP contribution in [0.25, 0.3) is 66.1 Å². The molecule has 0 unspecified atom stereocenters. The Hall–Kier alpha value is -6.70. The van der Waals surface area contributed by atoms with E-state index in [0.717, 1.165) is 0 Å². The fourth-order valence-electron chi connectivity index (χ4n) is 13.4. The first-order valence-electron chi connectivity index (χ1n) is 24.1. The minimum atomic E-state index is -0.202. The Labute approximate surface area is 384 Å². The second-order valence-electron chi connectivity index (χ2n) is 20.9. The fourth-order valence-corrected chi connectivity index (χ4v) is 13.4. The van der Waals surface area contributed by atoms with E-state index in [1.165, 1.54) is 154 Å². The third kappa shape index (κ3) is 5.33. The van der Waals surface area contributed by atoms with Gasteiger partial charge in [-0.2, -0.15) is 0 Å². The number of hydrogen-bond donors (Lipinski definition) is 0. The zero-order valence-electron chi connectivity index (χ0n) is 38.6. The molecule has 0 aliphatic heterocycles. The van der Waals surface area contributed by atoms with Crippen molar-refractivity contribution in [1.29, 1.82) is 0 Å². The van der Waals surface area contributed by atoms with E-state index in [9.17, 15) is 0 Å². The lowest BCUT2D eigenvalue weighted by Gasteiger charge is -2.37. The van der Waals surface area contributed by atoms with Crippen LogP contribution in [0.3, 0.4) is 0 Å². The number of aryl methyl sites for hydroxylation is 2. The van der Waals surface area contributed by atoms with Crippen LogP contribution in [0.4, 0.5) is 17.1 Å². The zero-order valence-corrected chi connectivity index (χ0v) is 38.6. The number of hydrogen-bond acceptors (Lipinski definition) is 1. The van der Waals surface area contributed by atoms with Crippen molar-refractivity contribution in [2.24, 2.45) is 0 Å². The monoisotopic (exact) mass is 837 g/mol. The molecule has 65 heavy (non-hydrogen) atoms. The smallest absolute Gasteiger partial charge is 0.0490 e. The van der Waals surface area contributed by atoms with E-state index in [1.54, 1.807) is 5.56 Å². The summed E-state index contributed by atoms with van der Waals surface area (Å²) >= 11 is 0. The van der Waals surface area contributed by atoms with Crippen LogP contribution in [0.2, 0.25) is 0 Å². The summed E-state index contributed by atoms with van der Waals surface area (Å²) in [6.45, 7) is 14.3. The van der Waals surface area contributed by atoms with E-state index < -0.39 is 0 Å². The Morgan fingerprint density at radius 1 is 0.400 bits per heavy atom. The van der Waals surface area contributed by atoms with E-state index in [4.69, 9.17) is 0 Å². The molecule has 0 bridgehead atoms. The number of nitrogens with zero attached hydrogens (tertiary/aromatic N) is 1. The molecule has 0 amide bonds. The van der Waals surface area contributed by atoms with Gasteiger partial charge in [0.25, 0.3) is 0 Å². The van der Waals surface area contributed by atoms with E-state index in [2.05, 4.69) is 210 Å². The van der Waals surface area contributed by atoms with Gasteiger partial charge in [0, 0.05) is 33.3 Å². The molecular formula is C64H55N. The third-order valence-corrected chi connectivity index (χ3v) is 16.6. The summed E-state index contributed by atoms with van der Waals surface area (Å²) in [7, 11) is 0. The van der Waals surface area contributed by atoms with Crippen LogP contribution >= 0.6 is 0 Å². The van der Waals surface area contributed by atoms with E-state index in [1.807, 2.05) is 0 Å². The Morgan fingerprint density at radius 2 is 1.00 bits per heavy atom. The van der Waals surface area contributed by atoms with Gasteiger partial charge in [-0.15, -0.1) is 0 Å². The van der Waals surface area contributed by atoms with Gasteiger partial charge in [-0.05, 0) is 180 Å². The first-order chi connectivity index (χ1) is 31.5. The highest BCUT2D eigenvalue weighted by molar-refractivity contribution is 6.09. The Bertz CT molecular complexity index is 3480.